The van der Waals surface area contributed by atoms with Gasteiger partial charge in [0.25, 0.3) is 0 Å². The summed E-state index contributed by atoms with van der Waals surface area (Å²) < 4.78 is 2.26. The molecular formula is C51H39N5Pt. The molecule has 0 saturated heterocycles. The van der Waals surface area contributed by atoms with Crippen molar-refractivity contribution in [1.82, 2.24) is 9.55 Å². The normalized spacial score (nSPS) is 12.3. The van der Waals surface area contributed by atoms with Gasteiger partial charge in [0.15, 0.2) is 0 Å². The van der Waals surface area contributed by atoms with Gasteiger partial charge in [0.2, 0.25) is 0 Å². The van der Waals surface area contributed by atoms with E-state index in [1.54, 1.807) is 0 Å². The van der Waals surface area contributed by atoms with E-state index in [2.05, 4.69) is 221 Å². The summed E-state index contributed by atoms with van der Waals surface area (Å²) in [5, 5.41) is 2.28. The maximum Gasteiger partial charge on any atom is 2.00 e. The van der Waals surface area contributed by atoms with Crippen molar-refractivity contribution in [2.75, 3.05) is 21.4 Å². The molecular weight excluding hydrogens is 878 g/mol. The Labute approximate surface area is 348 Å². The zero-order valence-electron chi connectivity index (χ0n) is 31.7. The molecule has 0 spiro atoms. The Kier molecular flexibility index (Phi) is 9.70. The number of para-hydroxylation sites is 4. The number of rotatable bonds is 8. The fourth-order valence-electron chi connectivity index (χ4n) is 8.17. The van der Waals surface area contributed by atoms with Crippen molar-refractivity contribution in [1.29, 1.82) is 0 Å². The zero-order chi connectivity index (χ0) is 37.6. The minimum atomic E-state index is 0. The van der Waals surface area contributed by atoms with E-state index in [0.29, 0.717) is 6.04 Å². The average molecular weight is 917 g/mol. The third-order valence-corrected chi connectivity index (χ3v) is 10.8. The van der Waals surface area contributed by atoms with Crippen LogP contribution >= 0.6 is 0 Å². The van der Waals surface area contributed by atoms with Crippen LogP contribution in [0.5, 0.6) is 0 Å². The number of hydrogen-bond donors (Lipinski definition) is 0. The van der Waals surface area contributed by atoms with Gasteiger partial charge in [-0.25, -0.2) is 4.98 Å². The number of nitrogens with zero attached hydrogens (tertiary/aromatic N) is 5. The number of fused-ring (bicyclic) bond motifs is 4. The van der Waals surface area contributed by atoms with Crippen molar-refractivity contribution in [2.45, 2.75) is 19.9 Å². The summed E-state index contributed by atoms with van der Waals surface area (Å²) in [5.74, 6) is 0.840. The third-order valence-electron chi connectivity index (χ3n) is 10.8. The van der Waals surface area contributed by atoms with Crippen LogP contribution in [0.25, 0.3) is 49.9 Å². The molecule has 0 saturated carbocycles. The Bertz CT molecular complexity index is 2850. The van der Waals surface area contributed by atoms with Crippen LogP contribution in [0.4, 0.5) is 34.1 Å². The second-order valence-corrected chi connectivity index (χ2v) is 14.5. The number of hydrogen-bond acceptors (Lipinski definition) is 4. The molecule has 10 rings (SSSR count). The van der Waals surface area contributed by atoms with E-state index in [-0.39, 0.29) is 21.1 Å². The van der Waals surface area contributed by atoms with Crippen molar-refractivity contribution in [3.63, 3.8) is 0 Å². The molecule has 3 heterocycles. The molecule has 1 aliphatic heterocycles. The molecule has 0 fully saturated rings. The van der Waals surface area contributed by atoms with Gasteiger partial charge in [0.05, 0.1) is 18.0 Å². The Balaban J connectivity index is 0.00000422. The SMILES string of the molecule is CC(C)N1CN(c2[c-]c(N(c3[c-]c4c(cc3)c3ccccc3n4-c3cc(-c4ccccc4-c4ccccc4)ccn3)c3ccccc3)ccc2)c2ccccc21.[Pt+2]. The molecule has 278 valence electrons. The van der Waals surface area contributed by atoms with E-state index in [1.807, 2.05) is 6.20 Å². The maximum absolute atomic E-state index is 5.01. The number of benzene rings is 7. The van der Waals surface area contributed by atoms with Crippen LogP contribution in [0, 0.1) is 12.1 Å². The number of anilines is 6. The molecule has 0 atom stereocenters. The molecule has 0 N–H and O–H groups in total. The zero-order valence-corrected chi connectivity index (χ0v) is 33.9. The predicted octanol–water partition coefficient (Wildman–Crippen LogP) is 12.9. The fourth-order valence-corrected chi connectivity index (χ4v) is 8.17. The number of pyridine rings is 1. The first-order valence-corrected chi connectivity index (χ1v) is 19.2. The quantitative estimate of drug-likeness (QED) is 0.142. The molecule has 0 amide bonds. The fraction of sp³-hybridized carbons (Fsp3) is 0.0784. The second kappa shape index (κ2) is 15.3. The number of aromatic nitrogens is 2. The van der Waals surface area contributed by atoms with Gasteiger partial charge in [-0.15, -0.1) is 35.7 Å². The van der Waals surface area contributed by atoms with Crippen molar-refractivity contribution in [2.24, 2.45) is 0 Å². The molecule has 1 aliphatic rings. The van der Waals surface area contributed by atoms with Crippen LogP contribution in [0.15, 0.2) is 182 Å². The van der Waals surface area contributed by atoms with Crippen LogP contribution in [0.3, 0.4) is 0 Å². The van der Waals surface area contributed by atoms with Gasteiger partial charge in [-0.1, -0.05) is 126 Å². The maximum atomic E-state index is 5.01. The molecule has 7 aromatic carbocycles. The first-order valence-electron chi connectivity index (χ1n) is 19.2. The Hall–Kier alpha value is -6.42. The monoisotopic (exact) mass is 916 g/mol. The summed E-state index contributed by atoms with van der Waals surface area (Å²) in [5.41, 5.74) is 13.0. The average Bonchev–Trinajstić information content (AvgIpc) is 3.81. The molecule has 6 heteroatoms. The molecule has 0 unspecified atom stereocenters. The van der Waals surface area contributed by atoms with Crippen LogP contribution < -0.4 is 14.7 Å². The van der Waals surface area contributed by atoms with Gasteiger partial charge >= 0.3 is 21.1 Å². The predicted molar refractivity (Wildman–Crippen MR) is 233 cm³/mol. The largest absolute Gasteiger partial charge is 2.00 e. The first-order chi connectivity index (χ1) is 27.6. The molecule has 2 aromatic heterocycles. The minimum absolute atomic E-state index is 0. The topological polar surface area (TPSA) is 27.5 Å². The van der Waals surface area contributed by atoms with Gasteiger partial charge in [-0.05, 0) is 84.0 Å². The van der Waals surface area contributed by atoms with Crippen LogP contribution in [0.2, 0.25) is 0 Å². The summed E-state index contributed by atoms with van der Waals surface area (Å²) in [6, 6.07) is 70.2. The molecule has 9 aromatic rings. The third kappa shape index (κ3) is 6.48. The second-order valence-electron chi connectivity index (χ2n) is 14.5. The van der Waals surface area contributed by atoms with E-state index in [1.165, 1.54) is 22.5 Å². The van der Waals surface area contributed by atoms with E-state index < -0.39 is 0 Å². The van der Waals surface area contributed by atoms with Crippen molar-refractivity contribution in [3.05, 3.63) is 194 Å². The van der Waals surface area contributed by atoms with Gasteiger partial charge < -0.3 is 19.3 Å². The Morgan fingerprint density at radius 3 is 2.04 bits per heavy atom. The summed E-state index contributed by atoms with van der Waals surface area (Å²) >= 11 is 0. The summed E-state index contributed by atoms with van der Waals surface area (Å²) in [4.78, 5) is 12.1. The van der Waals surface area contributed by atoms with E-state index in [0.717, 1.165) is 68.2 Å². The van der Waals surface area contributed by atoms with E-state index >= 15 is 0 Å². The molecule has 0 radical (unpaired) electrons. The van der Waals surface area contributed by atoms with Gasteiger partial charge in [-0.2, -0.15) is 12.1 Å². The van der Waals surface area contributed by atoms with Gasteiger partial charge in [0.1, 0.15) is 5.82 Å². The molecule has 0 aliphatic carbocycles. The van der Waals surface area contributed by atoms with Crippen LogP contribution in [-0.2, 0) is 21.1 Å². The van der Waals surface area contributed by atoms with Crippen molar-refractivity contribution < 1.29 is 21.1 Å². The van der Waals surface area contributed by atoms with Crippen molar-refractivity contribution in [3.8, 4) is 28.1 Å². The van der Waals surface area contributed by atoms with E-state index in [4.69, 9.17) is 4.98 Å². The minimum Gasteiger partial charge on any atom is -0.358 e. The molecule has 5 nitrogen and oxygen atoms in total. The summed E-state index contributed by atoms with van der Waals surface area (Å²) in [6.07, 6.45) is 1.92. The molecule has 0 bridgehead atoms. The van der Waals surface area contributed by atoms with Crippen molar-refractivity contribution >= 4 is 55.9 Å². The van der Waals surface area contributed by atoms with Gasteiger partial charge in [0, 0.05) is 23.4 Å². The Morgan fingerprint density at radius 1 is 0.579 bits per heavy atom. The smallest absolute Gasteiger partial charge is 0.358 e. The first kappa shape index (κ1) is 36.2. The van der Waals surface area contributed by atoms with Crippen LogP contribution in [-0.4, -0.2) is 22.3 Å². The Morgan fingerprint density at radius 2 is 1.25 bits per heavy atom. The summed E-state index contributed by atoms with van der Waals surface area (Å²) in [6.45, 7) is 5.26. The van der Waals surface area contributed by atoms with E-state index in [9.17, 15) is 0 Å². The molecule has 57 heavy (non-hydrogen) atoms. The standard InChI is InChI=1S/C51H39N5.Pt/c1-36(2)53-35-54(49-27-14-13-26-48(49)53)40-20-15-21-41(33-40)55(39-18-7-4-8-19-39)42-28-29-46-45-24-11-12-25-47(45)56(50(46)34-42)51-32-38(30-31-52-51)44-23-10-9-22-43(44)37-16-5-3-6-17-37;/h3-32,36H,35H2,1-2H3;/q-2;+2. The van der Waals surface area contributed by atoms with Gasteiger partial charge in [-0.3, -0.25) is 0 Å². The summed E-state index contributed by atoms with van der Waals surface area (Å²) in [7, 11) is 0. The van der Waals surface area contributed by atoms with Crippen LogP contribution in [0.1, 0.15) is 13.8 Å².